The molecule has 0 bridgehead atoms. The molecule has 0 amide bonds. The smallest absolute Gasteiger partial charge is 0.213 e. The lowest BCUT2D eigenvalue weighted by Gasteiger charge is -2.09. The number of benzene rings is 1. The molecule has 0 saturated heterocycles. The van der Waals surface area contributed by atoms with E-state index in [2.05, 4.69) is 10.3 Å². The van der Waals surface area contributed by atoms with Crippen LogP contribution in [0.5, 0.6) is 5.88 Å². The number of halogens is 1. The first-order valence-electron chi connectivity index (χ1n) is 5.01. The maximum Gasteiger partial charge on any atom is 0.213 e. The molecule has 2 rings (SSSR count). The van der Waals surface area contributed by atoms with E-state index in [0.29, 0.717) is 16.6 Å². The molecule has 0 aliphatic heterocycles. The van der Waals surface area contributed by atoms with Crippen molar-refractivity contribution in [2.24, 2.45) is 0 Å². The lowest BCUT2D eigenvalue weighted by molar-refractivity contribution is 0.398. The summed E-state index contributed by atoms with van der Waals surface area (Å²) in [4.78, 5) is 4.09. The number of rotatable bonds is 3. The maximum atomic E-state index is 5.90. The van der Waals surface area contributed by atoms with Crippen LogP contribution in [0.4, 0.5) is 17.1 Å². The van der Waals surface area contributed by atoms with Gasteiger partial charge in [-0.15, -0.1) is 0 Å². The molecule has 5 heteroatoms. The minimum absolute atomic E-state index is 0.564. The molecule has 0 atom stereocenters. The molecule has 0 saturated carbocycles. The van der Waals surface area contributed by atoms with E-state index in [-0.39, 0.29) is 0 Å². The standard InChI is InChI=1S/C12H12ClN3O/c1-17-12-5-3-9(7-15-12)16-11-6-8(13)2-4-10(11)14/h2-7,16H,14H2,1H3. The fourth-order valence-corrected chi connectivity index (χ4v) is 1.54. The number of nitrogens with two attached hydrogens (primary N) is 1. The van der Waals surface area contributed by atoms with Crippen molar-refractivity contribution >= 4 is 28.7 Å². The summed E-state index contributed by atoms with van der Waals surface area (Å²) in [6.45, 7) is 0. The zero-order chi connectivity index (χ0) is 12.3. The number of nitrogens with one attached hydrogen (secondary N) is 1. The van der Waals surface area contributed by atoms with Gasteiger partial charge in [-0.05, 0) is 24.3 Å². The van der Waals surface area contributed by atoms with E-state index in [1.165, 1.54) is 0 Å². The van der Waals surface area contributed by atoms with Crippen LogP contribution in [0.15, 0.2) is 36.5 Å². The van der Waals surface area contributed by atoms with Crippen molar-refractivity contribution in [3.05, 3.63) is 41.6 Å². The third-order valence-corrected chi connectivity index (χ3v) is 2.47. The Morgan fingerprint density at radius 3 is 2.76 bits per heavy atom. The van der Waals surface area contributed by atoms with E-state index < -0.39 is 0 Å². The molecule has 4 nitrogen and oxygen atoms in total. The Balaban J connectivity index is 2.22. The summed E-state index contributed by atoms with van der Waals surface area (Å²) in [7, 11) is 1.57. The van der Waals surface area contributed by atoms with Crippen molar-refractivity contribution in [1.82, 2.24) is 4.98 Å². The largest absolute Gasteiger partial charge is 0.481 e. The van der Waals surface area contributed by atoms with Crippen LogP contribution in [0.3, 0.4) is 0 Å². The molecular weight excluding hydrogens is 238 g/mol. The SMILES string of the molecule is COc1ccc(Nc2cc(Cl)ccc2N)cn1. The van der Waals surface area contributed by atoms with E-state index in [0.717, 1.165) is 11.4 Å². The molecular formula is C12H12ClN3O. The number of anilines is 3. The van der Waals surface area contributed by atoms with Crippen LogP contribution in [-0.2, 0) is 0 Å². The van der Waals surface area contributed by atoms with Gasteiger partial charge in [-0.1, -0.05) is 11.6 Å². The molecule has 0 radical (unpaired) electrons. The van der Waals surface area contributed by atoms with Gasteiger partial charge in [-0.2, -0.15) is 0 Å². The minimum atomic E-state index is 0.564. The molecule has 17 heavy (non-hydrogen) atoms. The van der Waals surface area contributed by atoms with Crippen molar-refractivity contribution in [1.29, 1.82) is 0 Å². The lowest BCUT2D eigenvalue weighted by atomic mass is 10.2. The van der Waals surface area contributed by atoms with Gasteiger partial charge < -0.3 is 15.8 Å². The summed E-state index contributed by atoms with van der Waals surface area (Å²) in [5.41, 5.74) is 8.03. The van der Waals surface area contributed by atoms with E-state index in [1.807, 2.05) is 6.07 Å². The molecule has 0 spiro atoms. The molecule has 0 unspecified atom stereocenters. The lowest BCUT2D eigenvalue weighted by Crippen LogP contribution is -1.97. The number of pyridine rings is 1. The summed E-state index contributed by atoms with van der Waals surface area (Å²) in [5, 5.41) is 3.76. The molecule has 88 valence electrons. The average molecular weight is 250 g/mol. The predicted molar refractivity (Wildman–Crippen MR) is 69.9 cm³/mol. The minimum Gasteiger partial charge on any atom is -0.481 e. The number of methoxy groups -OCH3 is 1. The molecule has 3 N–H and O–H groups in total. The van der Waals surface area contributed by atoms with E-state index in [4.69, 9.17) is 22.1 Å². The van der Waals surface area contributed by atoms with Gasteiger partial charge in [0.2, 0.25) is 5.88 Å². The Hall–Kier alpha value is -1.94. The van der Waals surface area contributed by atoms with E-state index >= 15 is 0 Å². The Kier molecular flexibility index (Phi) is 3.35. The molecule has 1 aromatic carbocycles. The van der Waals surface area contributed by atoms with Crippen molar-refractivity contribution in [2.45, 2.75) is 0 Å². The van der Waals surface area contributed by atoms with Crippen LogP contribution in [0, 0.1) is 0 Å². The zero-order valence-electron chi connectivity index (χ0n) is 9.27. The van der Waals surface area contributed by atoms with E-state index in [1.54, 1.807) is 37.6 Å². The normalized spacial score (nSPS) is 10.0. The molecule has 1 aromatic heterocycles. The van der Waals surface area contributed by atoms with Crippen molar-refractivity contribution in [3.8, 4) is 5.88 Å². The second kappa shape index (κ2) is 4.93. The highest BCUT2D eigenvalue weighted by Crippen LogP contribution is 2.26. The molecule has 0 aliphatic carbocycles. The molecule has 2 aromatic rings. The van der Waals surface area contributed by atoms with Crippen LogP contribution in [0.1, 0.15) is 0 Å². The van der Waals surface area contributed by atoms with Gasteiger partial charge in [0, 0.05) is 11.1 Å². The summed E-state index contributed by atoms with van der Waals surface area (Å²) in [5.74, 6) is 0.564. The molecule has 1 heterocycles. The summed E-state index contributed by atoms with van der Waals surface area (Å²) >= 11 is 5.90. The Morgan fingerprint density at radius 2 is 2.12 bits per heavy atom. The number of aromatic nitrogens is 1. The average Bonchev–Trinajstić information content (AvgIpc) is 2.35. The second-order valence-electron chi connectivity index (χ2n) is 3.45. The van der Waals surface area contributed by atoms with Crippen LogP contribution in [0.2, 0.25) is 5.02 Å². The quantitative estimate of drug-likeness (QED) is 0.821. The number of hydrogen-bond acceptors (Lipinski definition) is 4. The highest BCUT2D eigenvalue weighted by atomic mass is 35.5. The van der Waals surface area contributed by atoms with Crippen LogP contribution >= 0.6 is 11.6 Å². The maximum absolute atomic E-state index is 5.90. The van der Waals surface area contributed by atoms with Crippen molar-refractivity contribution in [2.75, 3.05) is 18.2 Å². The van der Waals surface area contributed by atoms with Gasteiger partial charge in [0.25, 0.3) is 0 Å². The van der Waals surface area contributed by atoms with Crippen LogP contribution in [0.25, 0.3) is 0 Å². The number of hydrogen-bond donors (Lipinski definition) is 2. The molecule has 0 aliphatic rings. The monoisotopic (exact) mass is 249 g/mol. The highest BCUT2D eigenvalue weighted by Gasteiger charge is 2.01. The Morgan fingerprint density at radius 1 is 1.29 bits per heavy atom. The fraction of sp³-hybridized carbons (Fsp3) is 0.0833. The van der Waals surface area contributed by atoms with Crippen molar-refractivity contribution in [3.63, 3.8) is 0 Å². The first kappa shape index (κ1) is 11.5. The fourth-order valence-electron chi connectivity index (χ4n) is 1.37. The van der Waals surface area contributed by atoms with Gasteiger partial charge in [-0.3, -0.25) is 0 Å². The summed E-state index contributed by atoms with van der Waals surface area (Å²) in [6, 6.07) is 8.88. The first-order chi connectivity index (χ1) is 8.19. The van der Waals surface area contributed by atoms with Gasteiger partial charge in [0.15, 0.2) is 0 Å². The number of ether oxygens (including phenoxy) is 1. The number of nitrogen functional groups attached to an aromatic ring is 1. The summed E-state index contributed by atoms with van der Waals surface area (Å²) in [6.07, 6.45) is 1.67. The predicted octanol–water partition coefficient (Wildman–Crippen LogP) is 3.07. The third kappa shape index (κ3) is 2.79. The third-order valence-electron chi connectivity index (χ3n) is 2.24. The Labute approximate surface area is 104 Å². The number of nitrogens with zero attached hydrogens (tertiary/aromatic N) is 1. The van der Waals surface area contributed by atoms with Crippen LogP contribution in [-0.4, -0.2) is 12.1 Å². The van der Waals surface area contributed by atoms with Gasteiger partial charge in [0.05, 0.1) is 30.4 Å². The van der Waals surface area contributed by atoms with E-state index in [9.17, 15) is 0 Å². The van der Waals surface area contributed by atoms with Gasteiger partial charge in [0.1, 0.15) is 0 Å². The Bertz CT molecular complexity index is 514. The zero-order valence-corrected chi connectivity index (χ0v) is 10.0. The van der Waals surface area contributed by atoms with Crippen molar-refractivity contribution < 1.29 is 4.74 Å². The second-order valence-corrected chi connectivity index (χ2v) is 3.88. The first-order valence-corrected chi connectivity index (χ1v) is 5.39. The topological polar surface area (TPSA) is 60.2 Å². The summed E-state index contributed by atoms with van der Waals surface area (Å²) < 4.78 is 4.98. The van der Waals surface area contributed by atoms with Gasteiger partial charge >= 0.3 is 0 Å². The van der Waals surface area contributed by atoms with Gasteiger partial charge in [-0.25, -0.2) is 4.98 Å². The van der Waals surface area contributed by atoms with Crippen LogP contribution < -0.4 is 15.8 Å². The highest BCUT2D eigenvalue weighted by molar-refractivity contribution is 6.31. The molecule has 0 fully saturated rings.